The van der Waals surface area contributed by atoms with E-state index in [1.807, 2.05) is 24.4 Å². The van der Waals surface area contributed by atoms with Gasteiger partial charge in [0.15, 0.2) is 0 Å². The number of rotatable bonds is 7. The van der Waals surface area contributed by atoms with Crippen LogP contribution in [0.5, 0.6) is 5.75 Å². The number of aromatic hydroxyl groups is 1. The quantitative estimate of drug-likeness (QED) is 0.607. The first-order valence-corrected chi connectivity index (χ1v) is 11.2. The zero-order chi connectivity index (χ0) is 21.6. The van der Waals surface area contributed by atoms with Crippen molar-refractivity contribution in [2.75, 3.05) is 19.6 Å². The van der Waals surface area contributed by atoms with Crippen LogP contribution in [-0.2, 0) is 19.4 Å². The second-order valence-corrected chi connectivity index (χ2v) is 8.55. The van der Waals surface area contributed by atoms with Crippen LogP contribution < -0.4 is 5.32 Å². The van der Waals surface area contributed by atoms with Gasteiger partial charge in [0, 0.05) is 50.4 Å². The highest BCUT2D eigenvalue weighted by molar-refractivity contribution is 5.64. The summed E-state index contributed by atoms with van der Waals surface area (Å²) < 4.78 is 0. The number of phenols is 1. The Labute approximate surface area is 185 Å². The zero-order valence-corrected chi connectivity index (χ0v) is 18.5. The maximum atomic E-state index is 9.42. The van der Waals surface area contributed by atoms with Gasteiger partial charge in [-0.25, -0.2) is 9.97 Å². The van der Waals surface area contributed by atoms with Gasteiger partial charge in [0.1, 0.15) is 11.6 Å². The Balaban J connectivity index is 1.44. The molecule has 1 fully saturated rings. The van der Waals surface area contributed by atoms with Crippen LogP contribution in [0.3, 0.4) is 0 Å². The molecule has 2 aromatic carbocycles. The van der Waals surface area contributed by atoms with Crippen LogP contribution in [-0.4, -0.2) is 45.7 Å². The first kappa shape index (κ1) is 21.5. The minimum atomic E-state index is 0.309. The number of nitrogens with one attached hydrogen (secondary N) is 1. The van der Waals surface area contributed by atoms with Crippen molar-refractivity contribution in [3.63, 3.8) is 0 Å². The fourth-order valence-electron chi connectivity index (χ4n) is 4.18. The summed E-state index contributed by atoms with van der Waals surface area (Å²) in [6.07, 6.45) is 4.65. The molecule has 0 amide bonds. The summed E-state index contributed by atoms with van der Waals surface area (Å²) in [6, 6.07) is 16.7. The van der Waals surface area contributed by atoms with Crippen LogP contribution in [0.15, 0.2) is 54.7 Å². The third-order valence-electron chi connectivity index (χ3n) is 6.11. The highest BCUT2D eigenvalue weighted by atomic mass is 16.3. The topological polar surface area (TPSA) is 61.3 Å². The van der Waals surface area contributed by atoms with Gasteiger partial charge in [-0.15, -0.1) is 0 Å². The lowest BCUT2D eigenvalue weighted by molar-refractivity contribution is 0.165. The van der Waals surface area contributed by atoms with Crippen molar-refractivity contribution in [2.24, 2.45) is 0 Å². The Kier molecular flexibility index (Phi) is 6.95. The van der Waals surface area contributed by atoms with Gasteiger partial charge in [-0.1, -0.05) is 24.3 Å². The van der Waals surface area contributed by atoms with Crippen molar-refractivity contribution >= 4 is 0 Å². The number of hydrogen-bond acceptors (Lipinski definition) is 5. The second kappa shape index (κ2) is 10.0. The molecule has 1 saturated heterocycles. The Hall–Kier alpha value is -2.76. The molecule has 4 rings (SSSR count). The van der Waals surface area contributed by atoms with Crippen LogP contribution >= 0.6 is 0 Å². The predicted molar refractivity (Wildman–Crippen MR) is 125 cm³/mol. The summed E-state index contributed by atoms with van der Waals surface area (Å²) in [5.74, 6) is 1.20. The standard InChI is InChI=1S/C26H32N4O/c1-19-6-7-22(18-30-15-14-27-17-20(30)2)16-24(19)25-12-13-28-26(29-25)5-3-4-21-8-10-23(31)11-9-21/h6-13,16,20,27,31H,3-5,14-15,17-18H2,1-2H3/t20-/m0/s1. The molecule has 0 bridgehead atoms. The van der Waals surface area contributed by atoms with E-state index in [1.54, 1.807) is 12.1 Å². The Morgan fingerprint density at radius 1 is 1.06 bits per heavy atom. The Morgan fingerprint density at radius 3 is 2.68 bits per heavy atom. The maximum Gasteiger partial charge on any atom is 0.128 e. The fraction of sp³-hybridized carbons (Fsp3) is 0.385. The largest absolute Gasteiger partial charge is 0.508 e. The molecule has 5 nitrogen and oxygen atoms in total. The fourth-order valence-corrected chi connectivity index (χ4v) is 4.18. The molecule has 0 radical (unpaired) electrons. The molecule has 0 spiro atoms. The molecule has 1 aliphatic heterocycles. The first-order valence-electron chi connectivity index (χ1n) is 11.2. The molecular formula is C26H32N4O. The van der Waals surface area contributed by atoms with E-state index >= 15 is 0 Å². The number of aryl methyl sites for hydroxylation is 3. The number of benzene rings is 2. The van der Waals surface area contributed by atoms with Gasteiger partial charge < -0.3 is 10.4 Å². The number of aromatic nitrogens is 2. The Morgan fingerprint density at radius 2 is 1.87 bits per heavy atom. The molecule has 1 atom stereocenters. The Bertz CT molecular complexity index is 1000. The van der Waals surface area contributed by atoms with Crippen molar-refractivity contribution in [1.29, 1.82) is 0 Å². The molecule has 1 aromatic heterocycles. The van der Waals surface area contributed by atoms with E-state index in [0.29, 0.717) is 11.8 Å². The van der Waals surface area contributed by atoms with E-state index in [1.165, 1.54) is 22.3 Å². The molecule has 0 aliphatic carbocycles. The van der Waals surface area contributed by atoms with Gasteiger partial charge in [-0.2, -0.15) is 0 Å². The number of piperazine rings is 1. The summed E-state index contributed by atoms with van der Waals surface area (Å²) in [4.78, 5) is 11.9. The first-order chi connectivity index (χ1) is 15.1. The second-order valence-electron chi connectivity index (χ2n) is 8.55. The van der Waals surface area contributed by atoms with Gasteiger partial charge in [0.25, 0.3) is 0 Å². The molecule has 0 saturated carbocycles. The SMILES string of the molecule is Cc1ccc(CN2CCNC[C@@H]2C)cc1-c1ccnc(CCCc2ccc(O)cc2)n1. The third-order valence-corrected chi connectivity index (χ3v) is 6.11. The molecular weight excluding hydrogens is 384 g/mol. The predicted octanol–water partition coefficient (Wildman–Crippen LogP) is 4.13. The van der Waals surface area contributed by atoms with E-state index < -0.39 is 0 Å². The van der Waals surface area contributed by atoms with Gasteiger partial charge in [0.2, 0.25) is 0 Å². The van der Waals surface area contributed by atoms with Crippen molar-refractivity contribution in [1.82, 2.24) is 20.2 Å². The van der Waals surface area contributed by atoms with E-state index in [9.17, 15) is 5.11 Å². The highest BCUT2D eigenvalue weighted by Gasteiger charge is 2.18. The van der Waals surface area contributed by atoms with Crippen molar-refractivity contribution in [2.45, 2.75) is 45.7 Å². The lowest BCUT2D eigenvalue weighted by Crippen LogP contribution is -2.49. The van der Waals surface area contributed by atoms with Gasteiger partial charge in [0.05, 0.1) is 5.69 Å². The average molecular weight is 417 g/mol. The highest BCUT2D eigenvalue weighted by Crippen LogP contribution is 2.24. The lowest BCUT2D eigenvalue weighted by Gasteiger charge is -2.34. The summed E-state index contributed by atoms with van der Waals surface area (Å²) >= 11 is 0. The molecule has 2 heterocycles. The number of hydrogen-bond donors (Lipinski definition) is 2. The molecule has 162 valence electrons. The third kappa shape index (κ3) is 5.69. The molecule has 3 aromatic rings. The molecule has 5 heteroatoms. The van der Waals surface area contributed by atoms with Gasteiger partial charge in [-0.05, 0) is 67.6 Å². The summed E-state index contributed by atoms with van der Waals surface area (Å²) in [5.41, 5.74) is 6.00. The summed E-state index contributed by atoms with van der Waals surface area (Å²) in [7, 11) is 0. The van der Waals surface area contributed by atoms with Crippen LogP contribution in [0.1, 0.15) is 35.9 Å². The van der Waals surface area contributed by atoms with Crippen molar-refractivity contribution in [3.05, 3.63) is 77.2 Å². The minimum absolute atomic E-state index is 0.309. The normalized spacial score (nSPS) is 17.0. The average Bonchev–Trinajstić information content (AvgIpc) is 2.78. The van der Waals surface area contributed by atoms with Crippen LogP contribution in [0.2, 0.25) is 0 Å². The molecule has 2 N–H and O–H groups in total. The zero-order valence-electron chi connectivity index (χ0n) is 18.5. The van der Waals surface area contributed by atoms with Crippen LogP contribution in [0, 0.1) is 6.92 Å². The van der Waals surface area contributed by atoms with Crippen LogP contribution in [0.4, 0.5) is 0 Å². The number of phenolic OH excluding ortho intramolecular Hbond substituents is 1. The molecule has 0 unspecified atom stereocenters. The van der Waals surface area contributed by atoms with Crippen molar-refractivity contribution in [3.8, 4) is 17.0 Å². The maximum absolute atomic E-state index is 9.42. The van der Waals surface area contributed by atoms with Crippen LogP contribution in [0.25, 0.3) is 11.3 Å². The van der Waals surface area contributed by atoms with E-state index in [0.717, 1.165) is 57.0 Å². The summed E-state index contributed by atoms with van der Waals surface area (Å²) in [5, 5.41) is 12.9. The minimum Gasteiger partial charge on any atom is -0.508 e. The molecule has 31 heavy (non-hydrogen) atoms. The lowest BCUT2D eigenvalue weighted by atomic mass is 10.0. The number of nitrogens with zero attached hydrogens (tertiary/aromatic N) is 3. The monoisotopic (exact) mass is 416 g/mol. The van der Waals surface area contributed by atoms with E-state index in [4.69, 9.17) is 4.98 Å². The van der Waals surface area contributed by atoms with E-state index in [-0.39, 0.29) is 0 Å². The smallest absolute Gasteiger partial charge is 0.128 e. The van der Waals surface area contributed by atoms with Gasteiger partial charge in [-0.3, -0.25) is 4.90 Å². The van der Waals surface area contributed by atoms with Gasteiger partial charge >= 0.3 is 0 Å². The van der Waals surface area contributed by atoms with E-state index in [2.05, 4.69) is 47.2 Å². The molecule has 1 aliphatic rings. The van der Waals surface area contributed by atoms with Crippen molar-refractivity contribution < 1.29 is 5.11 Å². The summed E-state index contributed by atoms with van der Waals surface area (Å²) in [6.45, 7) is 8.61.